The number of hydrogen-bond donors (Lipinski definition) is 1. The van der Waals surface area contributed by atoms with Gasteiger partial charge in [-0.1, -0.05) is 27.7 Å². The van der Waals surface area contributed by atoms with Crippen LogP contribution in [0.5, 0.6) is 0 Å². The lowest BCUT2D eigenvalue weighted by molar-refractivity contribution is -0.124. The fourth-order valence-electron chi connectivity index (χ4n) is 0.770. The van der Waals surface area contributed by atoms with Gasteiger partial charge in [-0.3, -0.25) is 4.79 Å². The van der Waals surface area contributed by atoms with Crippen LogP contribution in [0.15, 0.2) is 0 Å². The van der Waals surface area contributed by atoms with Gasteiger partial charge >= 0.3 is 0 Å². The molecule has 0 bridgehead atoms. The zero-order valence-corrected chi connectivity index (χ0v) is 9.09. The average Bonchev–Trinajstić information content (AvgIpc) is 2.02. The summed E-state index contributed by atoms with van der Waals surface area (Å²) in [6, 6.07) is 0. The van der Waals surface area contributed by atoms with Crippen LogP contribution in [0.2, 0.25) is 0 Å². The molecule has 0 fully saturated rings. The quantitative estimate of drug-likeness (QED) is 0.646. The molecule has 13 heavy (non-hydrogen) atoms. The first-order chi connectivity index (χ1) is 6.04. The van der Waals surface area contributed by atoms with Crippen molar-refractivity contribution < 1.29 is 11.0 Å². The lowest BCUT2D eigenvalue weighted by Crippen LogP contribution is -2.31. The fourth-order valence-corrected chi connectivity index (χ4v) is 0.770. The first-order valence-electron chi connectivity index (χ1n) is 4.89. The van der Waals surface area contributed by atoms with Crippen molar-refractivity contribution in [3.8, 4) is 0 Å². The summed E-state index contributed by atoms with van der Waals surface area (Å²) in [5.74, 6) is 0.707. The van der Waals surface area contributed by atoms with Gasteiger partial charge in [0, 0.05) is 20.5 Å². The molecule has 0 rings (SSSR count). The summed E-state index contributed by atoms with van der Waals surface area (Å²) in [6.45, 7) is 9.95. The van der Waals surface area contributed by atoms with Gasteiger partial charge in [-0.05, 0) is 5.92 Å². The van der Waals surface area contributed by atoms with Crippen LogP contribution in [0.1, 0.15) is 29.1 Å². The van der Waals surface area contributed by atoms with Gasteiger partial charge in [-0.2, -0.15) is 0 Å². The van der Waals surface area contributed by atoms with E-state index in [1.165, 1.54) is 0 Å². The molecule has 0 aliphatic rings. The van der Waals surface area contributed by atoms with Gasteiger partial charge in [0.25, 0.3) is 0 Å². The third-order valence-corrected chi connectivity index (χ3v) is 1.52. The molecule has 80 valence electrons. The van der Waals surface area contributed by atoms with Crippen molar-refractivity contribution in [1.82, 2.24) is 5.32 Å². The minimum Gasteiger partial charge on any atom is -0.379 e. The fraction of sp³-hybridized carbons (Fsp3) is 0.900. The Bertz CT molecular complexity index is 149. The Labute approximate surface area is 82.3 Å². The van der Waals surface area contributed by atoms with E-state index in [-0.39, 0.29) is 13.3 Å². The molecule has 0 unspecified atom stereocenters. The third kappa shape index (κ3) is 7.78. The van der Waals surface area contributed by atoms with Crippen LogP contribution in [0.4, 0.5) is 0 Å². The van der Waals surface area contributed by atoms with E-state index < -0.39 is 0 Å². The molecule has 0 aliphatic carbocycles. The van der Waals surface area contributed by atoms with Crippen LogP contribution >= 0.6 is 0 Å². The van der Waals surface area contributed by atoms with Gasteiger partial charge in [-0.25, -0.2) is 0 Å². The van der Waals surface area contributed by atoms with Crippen molar-refractivity contribution >= 4 is 5.91 Å². The van der Waals surface area contributed by atoms with Crippen molar-refractivity contribution in [3.05, 3.63) is 0 Å². The van der Waals surface area contributed by atoms with E-state index in [0.29, 0.717) is 19.1 Å². The normalized spacial score (nSPS) is 10.9. The summed E-state index contributed by atoms with van der Waals surface area (Å²) in [4.78, 5) is 11.1. The Kier molecular flexibility index (Phi) is 6.59. The van der Waals surface area contributed by atoms with E-state index in [1.807, 2.05) is 13.8 Å². The number of carbonyl (C=O) groups is 1. The molecule has 1 amide bonds. The number of carbonyl (C=O) groups excluding carboxylic acids is 1. The number of rotatable bonds is 6. The van der Waals surface area contributed by atoms with E-state index in [0.717, 1.165) is 6.61 Å². The van der Waals surface area contributed by atoms with Gasteiger partial charge in [-0.15, -0.1) is 0 Å². The highest BCUT2D eigenvalue weighted by Crippen LogP contribution is 1.92. The molecule has 3 heteroatoms. The lowest BCUT2D eigenvalue weighted by Gasteiger charge is -2.09. The molecule has 0 radical (unpaired) electrons. The third-order valence-electron chi connectivity index (χ3n) is 1.52. The van der Waals surface area contributed by atoms with Gasteiger partial charge < -0.3 is 10.1 Å². The second-order valence-corrected chi connectivity index (χ2v) is 3.91. The van der Waals surface area contributed by atoms with Crippen molar-refractivity contribution in [3.63, 3.8) is 0 Å². The zero-order chi connectivity index (χ0) is 10.3. The van der Waals surface area contributed by atoms with Crippen molar-refractivity contribution in [2.75, 3.05) is 19.8 Å². The van der Waals surface area contributed by atoms with E-state index in [4.69, 9.17) is 4.74 Å². The van der Waals surface area contributed by atoms with Crippen molar-refractivity contribution in [2.24, 2.45) is 11.8 Å². The molecule has 1 N–H and O–H groups in total. The maximum atomic E-state index is 11.1. The minimum atomic E-state index is 0. The van der Waals surface area contributed by atoms with E-state index in [1.54, 1.807) is 0 Å². The van der Waals surface area contributed by atoms with Crippen LogP contribution in [-0.2, 0) is 9.53 Å². The van der Waals surface area contributed by atoms with Gasteiger partial charge in [0.15, 0.2) is 0 Å². The predicted octanol–water partition coefficient (Wildman–Crippen LogP) is 1.68. The van der Waals surface area contributed by atoms with Crippen LogP contribution < -0.4 is 5.32 Å². The molecule has 0 saturated heterocycles. The first kappa shape index (κ1) is 12.4. The lowest BCUT2D eigenvalue weighted by atomic mass is 10.2. The topological polar surface area (TPSA) is 38.3 Å². The number of nitrogens with one attached hydrogen (secondary N) is 1. The Hall–Kier alpha value is -0.570. The van der Waals surface area contributed by atoms with Crippen molar-refractivity contribution in [1.29, 1.82) is 0 Å². The Balaban J connectivity index is 0. The molecule has 3 nitrogen and oxygen atoms in total. The monoisotopic (exact) mass is 189 g/mol. The summed E-state index contributed by atoms with van der Waals surface area (Å²) in [5, 5.41) is 2.79. The Morgan fingerprint density at radius 2 is 2.00 bits per heavy atom. The molecule has 0 aromatic carbocycles. The van der Waals surface area contributed by atoms with E-state index in [2.05, 4.69) is 19.2 Å². The molecule has 0 atom stereocenters. The molecule has 0 aromatic heterocycles. The number of hydrogen-bond acceptors (Lipinski definition) is 2. The number of ether oxygens (including phenoxy) is 1. The summed E-state index contributed by atoms with van der Waals surface area (Å²) in [7, 11) is 0. The standard InChI is InChI=1S/C10H21NO2.H2/c1-8(2)7-13-6-5-11-10(12)9(3)4;/h8-9H,5-7H2,1-4H3,(H,11,12);1H. The van der Waals surface area contributed by atoms with Crippen LogP contribution in [-0.4, -0.2) is 25.7 Å². The predicted molar refractivity (Wildman–Crippen MR) is 55.6 cm³/mol. The summed E-state index contributed by atoms with van der Waals surface area (Å²) < 4.78 is 5.31. The van der Waals surface area contributed by atoms with Crippen LogP contribution in [0.3, 0.4) is 0 Å². The smallest absolute Gasteiger partial charge is 0.222 e. The van der Waals surface area contributed by atoms with E-state index >= 15 is 0 Å². The minimum absolute atomic E-state index is 0. The molecule has 0 saturated carbocycles. The van der Waals surface area contributed by atoms with Crippen molar-refractivity contribution in [2.45, 2.75) is 27.7 Å². The maximum absolute atomic E-state index is 11.1. The number of amides is 1. The van der Waals surface area contributed by atoms with Gasteiger partial charge in [0.1, 0.15) is 0 Å². The summed E-state index contributed by atoms with van der Waals surface area (Å²) >= 11 is 0. The average molecular weight is 189 g/mol. The molecule has 0 spiro atoms. The second-order valence-electron chi connectivity index (χ2n) is 3.91. The van der Waals surface area contributed by atoms with Crippen LogP contribution in [0, 0.1) is 11.8 Å². The Morgan fingerprint density at radius 3 is 2.46 bits per heavy atom. The molecular formula is C10H23NO2. The highest BCUT2D eigenvalue weighted by atomic mass is 16.5. The summed E-state index contributed by atoms with van der Waals surface area (Å²) in [5.41, 5.74) is 0. The molecule has 0 aromatic rings. The second kappa shape index (κ2) is 6.89. The zero-order valence-electron chi connectivity index (χ0n) is 9.09. The first-order valence-corrected chi connectivity index (χ1v) is 4.89. The molecule has 0 aliphatic heterocycles. The SMILES string of the molecule is CC(C)COCCNC(=O)C(C)C.[HH]. The largest absolute Gasteiger partial charge is 0.379 e. The van der Waals surface area contributed by atoms with Crippen LogP contribution in [0.25, 0.3) is 0 Å². The highest BCUT2D eigenvalue weighted by Gasteiger charge is 2.04. The molecule has 0 heterocycles. The van der Waals surface area contributed by atoms with E-state index in [9.17, 15) is 4.79 Å². The highest BCUT2D eigenvalue weighted by molar-refractivity contribution is 5.77. The Morgan fingerprint density at radius 1 is 1.38 bits per heavy atom. The molecular weight excluding hydrogens is 166 g/mol. The summed E-state index contributed by atoms with van der Waals surface area (Å²) in [6.07, 6.45) is 0. The van der Waals surface area contributed by atoms with Gasteiger partial charge in [0.05, 0.1) is 6.61 Å². The van der Waals surface area contributed by atoms with Gasteiger partial charge in [0.2, 0.25) is 5.91 Å². The maximum Gasteiger partial charge on any atom is 0.222 e.